The first-order valence-corrected chi connectivity index (χ1v) is 10.4. The molecule has 0 spiro atoms. The SMILES string of the molecule is N#CCCN(Cc1ccco1)C(=O)COC(=O)c1c2c(nc3ccccc13)CCCC2. The Morgan fingerprint density at radius 2 is 2.00 bits per heavy atom. The Labute approximate surface area is 180 Å². The van der Waals surface area contributed by atoms with Gasteiger partial charge in [-0.05, 0) is 49.4 Å². The number of nitriles is 1. The second kappa shape index (κ2) is 9.43. The van der Waals surface area contributed by atoms with Gasteiger partial charge in [0.25, 0.3) is 5.91 Å². The molecular formula is C24H23N3O4. The first-order valence-electron chi connectivity index (χ1n) is 10.4. The van der Waals surface area contributed by atoms with Gasteiger partial charge in [0.2, 0.25) is 0 Å². The van der Waals surface area contributed by atoms with E-state index in [1.807, 2.05) is 30.3 Å². The predicted octanol–water partition coefficient (Wildman–Crippen LogP) is 3.81. The normalized spacial score (nSPS) is 12.7. The molecule has 2 aromatic heterocycles. The maximum absolute atomic E-state index is 13.1. The Morgan fingerprint density at radius 1 is 1.16 bits per heavy atom. The molecule has 2 heterocycles. The minimum atomic E-state index is -0.511. The van der Waals surface area contributed by atoms with E-state index in [-0.39, 0.29) is 25.4 Å². The molecule has 158 valence electrons. The molecule has 1 amide bonds. The van der Waals surface area contributed by atoms with Crippen LogP contribution < -0.4 is 0 Å². The van der Waals surface area contributed by atoms with Gasteiger partial charge in [0.1, 0.15) is 5.76 Å². The van der Waals surface area contributed by atoms with Crippen LogP contribution in [0.3, 0.4) is 0 Å². The molecule has 0 aliphatic heterocycles. The molecule has 0 bridgehead atoms. The van der Waals surface area contributed by atoms with E-state index in [9.17, 15) is 9.59 Å². The Kier molecular flexibility index (Phi) is 6.27. The molecule has 0 unspecified atom stereocenters. The zero-order chi connectivity index (χ0) is 21.6. The number of aryl methyl sites for hydroxylation is 1. The van der Waals surface area contributed by atoms with E-state index in [2.05, 4.69) is 0 Å². The third-order valence-electron chi connectivity index (χ3n) is 5.47. The van der Waals surface area contributed by atoms with Crippen LogP contribution >= 0.6 is 0 Å². The molecule has 1 aliphatic carbocycles. The molecule has 0 N–H and O–H groups in total. The number of para-hydroxylation sites is 1. The minimum absolute atomic E-state index is 0.183. The van der Waals surface area contributed by atoms with E-state index in [1.165, 1.54) is 11.2 Å². The highest BCUT2D eigenvalue weighted by Crippen LogP contribution is 2.29. The molecule has 0 radical (unpaired) electrons. The summed E-state index contributed by atoms with van der Waals surface area (Å²) in [7, 11) is 0. The van der Waals surface area contributed by atoms with Crippen molar-refractivity contribution >= 4 is 22.8 Å². The Hall–Kier alpha value is -3.66. The average Bonchev–Trinajstić information content (AvgIpc) is 3.31. The first kappa shape index (κ1) is 20.6. The lowest BCUT2D eigenvalue weighted by molar-refractivity contribution is -0.135. The van der Waals surface area contributed by atoms with Crippen LogP contribution in [-0.2, 0) is 28.9 Å². The van der Waals surface area contributed by atoms with Gasteiger partial charge >= 0.3 is 5.97 Å². The van der Waals surface area contributed by atoms with E-state index >= 15 is 0 Å². The monoisotopic (exact) mass is 417 g/mol. The number of rotatable bonds is 7. The maximum atomic E-state index is 13.1. The van der Waals surface area contributed by atoms with E-state index in [0.29, 0.717) is 11.3 Å². The van der Waals surface area contributed by atoms with Crippen molar-refractivity contribution in [3.05, 3.63) is 65.2 Å². The highest BCUT2D eigenvalue weighted by Gasteiger charge is 2.25. The molecule has 1 aliphatic rings. The third kappa shape index (κ3) is 4.58. The van der Waals surface area contributed by atoms with Crippen LogP contribution in [0.5, 0.6) is 0 Å². The highest BCUT2D eigenvalue weighted by molar-refractivity contribution is 6.05. The molecule has 4 rings (SSSR count). The number of furan rings is 1. The summed E-state index contributed by atoms with van der Waals surface area (Å²) in [5, 5.41) is 9.65. The second-order valence-electron chi connectivity index (χ2n) is 7.52. The van der Waals surface area contributed by atoms with E-state index < -0.39 is 12.6 Å². The van der Waals surface area contributed by atoms with Gasteiger partial charge in [0, 0.05) is 17.6 Å². The van der Waals surface area contributed by atoms with Crippen LogP contribution in [0, 0.1) is 11.3 Å². The maximum Gasteiger partial charge on any atom is 0.339 e. The van der Waals surface area contributed by atoms with Crippen molar-refractivity contribution in [2.24, 2.45) is 0 Å². The van der Waals surface area contributed by atoms with E-state index in [1.54, 1.807) is 12.1 Å². The number of carbonyl (C=O) groups excluding carboxylic acids is 2. The lowest BCUT2D eigenvalue weighted by Gasteiger charge is -2.22. The molecule has 0 atom stereocenters. The minimum Gasteiger partial charge on any atom is -0.467 e. The number of fused-ring (bicyclic) bond motifs is 2. The molecule has 7 heteroatoms. The van der Waals surface area contributed by atoms with Gasteiger partial charge in [-0.2, -0.15) is 5.26 Å². The smallest absolute Gasteiger partial charge is 0.339 e. The second-order valence-corrected chi connectivity index (χ2v) is 7.52. The number of hydrogen-bond acceptors (Lipinski definition) is 6. The van der Waals surface area contributed by atoms with Crippen LogP contribution in [-0.4, -0.2) is 34.9 Å². The third-order valence-corrected chi connectivity index (χ3v) is 5.47. The molecular weight excluding hydrogens is 394 g/mol. The van der Waals surface area contributed by atoms with Crippen molar-refractivity contribution in [2.75, 3.05) is 13.2 Å². The van der Waals surface area contributed by atoms with Gasteiger partial charge in [0.05, 0.1) is 36.4 Å². The van der Waals surface area contributed by atoms with Gasteiger partial charge < -0.3 is 14.1 Å². The first-order chi connectivity index (χ1) is 15.2. The molecule has 0 saturated carbocycles. The lowest BCUT2D eigenvalue weighted by atomic mass is 9.90. The van der Waals surface area contributed by atoms with Crippen LogP contribution in [0.4, 0.5) is 0 Å². The number of esters is 1. The van der Waals surface area contributed by atoms with Crippen molar-refractivity contribution in [1.29, 1.82) is 5.26 Å². The number of hydrogen-bond donors (Lipinski definition) is 0. The number of amides is 1. The zero-order valence-corrected chi connectivity index (χ0v) is 17.2. The van der Waals surface area contributed by atoms with E-state index in [0.717, 1.165) is 47.8 Å². The van der Waals surface area contributed by atoms with Crippen molar-refractivity contribution in [2.45, 2.75) is 38.6 Å². The summed E-state index contributed by atoms with van der Waals surface area (Å²) in [4.78, 5) is 32.0. The van der Waals surface area contributed by atoms with Crippen molar-refractivity contribution in [3.8, 4) is 6.07 Å². The fraction of sp³-hybridized carbons (Fsp3) is 0.333. The van der Waals surface area contributed by atoms with Crippen molar-refractivity contribution in [1.82, 2.24) is 9.88 Å². The summed E-state index contributed by atoms with van der Waals surface area (Å²) in [6.07, 6.45) is 5.37. The Morgan fingerprint density at radius 3 is 2.81 bits per heavy atom. The number of aromatic nitrogens is 1. The summed E-state index contributed by atoms with van der Waals surface area (Å²) < 4.78 is 10.8. The van der Waals surface area contributed by atoms with Crippen molar-refractivity contribution < 1.29 is 18.7 Å². The number of carbonyl (C=O) groups is 2. The number of benzene rings is 1. The summed E-state index contributed by atoms with van der Waals surface area (Å²) >= 11 is 0. The van der Waals surface area contributed by atoms with Crippen molar-refractivity contribution in [3.63, 3.8) is 0 Å². The number of nitrogens with zero attached hydrogens (tertiary/aromatic N) is 3. The van der Waals surface area contributed by atoms with Gasteiger partial charge in [-0.1, -0.05) is 18.2 Å². The molecule has 3 aromatic rings. The lowest BCUT2D eigenvalue weighted by Crippen LogP contribution is -2.35. The Bertz CT molecular complexity index is 1130. The van der Waals surface area contributed by atoms with Crippen LogP contribution in [0.15, 0.2) is 47.1 Å². The number of ether oxygens (including phenoxy) is 1. The standard InChI is InChI=1S/C24H23N3O4/c25-12-6-13-27(15-17-7-5-14-30-17)22(28)16-31-24(29)23-18-8-1-3-10-20(18)26-21-11-4-2-9-19(21)23/h1,3,5,7-8,10,14H,2,4,6,9,11,13,15-16H2. The van der Waals surface area contributed by atoms with Crippen LogP contribution in [0.1, 0.15) is 46.6 Å². The molecule has 31 heavy (non-hydrogen) atoms. The summed E-state index contributed by atoms with van der Waals surface area (Å²) in [5.74, 6) is -0.276. The molecule has 1 aromatic carbocycles. The summed E-state index contributed by atoms with van der Waals surface area (Å²) in [6, 6.07) is 13.1. The topological polar surface area (TPSA) is 96.4 Å². The van der Waals surface area contributed by atoms with Crippen LogP contribution in [0.2, 0.25) is 0 Å². The summed E-state index contributed by atoms with van der Waals surface area (Å²) in [6.45, 7) is 0.0657. The van der Waals surface area contributed by atoms with Gasteiger partial charge in [-0.3, -0.25) is 9.78 Å². The highest BCUT2D eigenvalue weighted by atomic mass is 16.5. The fourth-order valence-electron chi connectivity index (χ4n) is 3.96. The van der Waals surface area contributed by atoms with Gasteiger partial charge in [-0.25, -0.2) is 4.79 Å². The van der Waals surface area contributed by atoms with Gasteiger partial charge in [-0.15, -0.1) is 0 Å². The van der Waals surface area contributed by atoms with E-state index in [4.69, 9.17) is 19.4 Å². The Balaban J connectivity index is 1.53. The predicted molar refractivity (Wildman–Crippen MR) is 113 cm³/mol. The van der Waals surface area contributed by atoms with Gasteiger partial charge in [0.15, 0.2) is 6.61 Å². The average molecular weight is 417 g/mol. The number of pyridine rings is 1. The summed E-state index contributed by atoms with van der Waals surface area (Å²) in [5.41, 5.74) is 3.15. The molecule has 0 fully saturated rings. The molecule has 7 nitrogen and oxygen atoms in total. The zero-order valence-electron chi connectivity index (χ0n) is 17.2. The molecule has 0 saturated heterocycles. The fourth-order valence-corrected chi connectivity index (χ4v) is 3.96. The largest absolute Gasteiger partial charge is 0.467 e. The quantitative estimate of drug-likeness (QED) is 0.543. The van der Waals surface area contributed by atoms with Crippen LogP contribution in [0.25, 0.3) is 10.9 Å².